The second kappa shape index (κ2) is 7.23. The first kappa shape index (κ1) is 17.9. The Morgan fingerprint density at radius 1 is 1.11 bits per heavy atom. The Morgan fingerprint density at radius 2 is 1.78 bits per heavy atom. The summed E-state index contributed by atoms with van der Waals surface area (Å²) in [4.78, 5) is 17.9. The number of aromatic hydroxyl groups is 1. The van der Waals surface area contributed by atoms with Crippen LogP contribution in [0.1, 0.15) is 23.3 Å². The van der Waals surface area contributed by atoms with Crippen LogP contribution in [0.4, 0.5) is 8.78 Å². The fraction of sp³-hybridized carbons (Fsp3) is 0.400. The summed E-state index contributed by atoms with van der Waals surface area (Å²) in [6.07, 6.45) is 1.91. The number of carbonyl (C=O) groups excluding carboxylic acids is 1. The fourth-order valence-electron chi connectivity index (χ4n) is 4.14. The van der Waals surface area contributed by atoms with Crippen LogP contribution in [0.2, 0.25) is 0 Å². The highest BCUT2D eigenvalue weighted by Crippen LogP contribution is 2.39. The van der Waals surface area contributed by atoms with Crippen LogP contribution in [-0.4, -0.2) is 46.5 Å². The molecule has 1 saturated heterocycles. The van der Waals surface area contributed by atoms with E-state index in [1.807, 2.05) is 0 Å². The van der Waals surface area contributed by atoms with E-state index in [0.29, 0.717) is 17.6 Å². The molecule has 1 aliphatic heterocycles. The Hall–Kier alpha value is -2.54. The van der Waals surface area contributed by atoms with E-state index in [4.69, 9.17) is 4.74 Å². The highest BCUT2D eigenvalue weighted by molar-refractivity contribution is 5.95. The number of hydrogen-bond donors (Lipinski definition) is 1. The highest BCUT2D eigenvalue weighted by atomic mass is 19.1. The second-order valence-corrected chi connectivity index (χ2v) is 7.31. The molecule has 0 radical (unpaired) electrons. The van der Waals surface area contributed by atoms with E-state index >= 15 is 0 Å². The molecule has 2 aromatic rings. The van der Waals surface area contributed by atoms with Gasteiger partial charge in [-0.25, -0.2) is 9.37 Å². The van der Waals surface area contributed by atoms with Gasteiger partial charge in [0.2, 0.25) is 0 Å². The summed E-state index contributed by atoms with van der Waals surface area (Å²) in [6.45, 7) is 1.77. The summed E-state index contributed by atoms with van der Waals surface area (Å²) in [5, 5.41) is 9.17. The first-order valence-electron chi connectivity index (χ1n) is 9.01. The first-order chi connectivity index (χ1) is 13.0. The van der Waals surface area contributed by atoms with Gasteiger partial charge in [-0.15, -0.1) is 0 Å². The molecule has 2 aliphatic rings. The summed E-state index contributed by atoms with van der Waals surface area (Å²) in [7, 11) is 0. The van der Waals surface area contributed by atoms with Gasteiger partial charge in [0.05, 0.1) is 12.6 Å². The zero-order chi connectivity index (χ0) is 19.0. The molecule has 27 heavy (non-hydrogen) atoms. The molecule has 2 fully saturated rings. The van der Waals surface area contributed by atoms with Crippen LogP contribution in [0.15, 0.2) is 36.4 Å². The third-order valence-corrected chi connectivity index (χ3v) is 5.38. The number of hydrogen-bond acceptors (Lipinski definition) is 5. The van der Waals surface area contributed by atoms with Crippen molar-refractivity contribution in [3.05, 3.63) is 53.9 Å². The van der Waals surface area contributed by atoms with Gasteiger partial charge >= 0.3 is 0 Å². The Kier molecular flexibility index (Phi) is 4.78. The standard InChI is InChI=1S/C20H20F2N2O3/c21-14-1-3-15(4-2-14)27-16-7-12-9-24(10-13(12)8-16)11-19(26)17-5-6-18(25)20(22)23-17/h1-6,12-13,16,25H,7-11H2/t12-,13+,16-. The topological polar surface area (TPSA) is 62.7 Å². The van der Waals surface area contributed by atoms with Crippen LogP contribution in [0.25, 0.3) is 0 Å². The van der Waals surface area contributed by atoms with Crippen LogP contribution >= 0.6 is 0 Å². The number of likely N-dealkylation sites (tertiary alicyclic amines) is 1. The molecule has 1 aromatic heterocycles. The number of ketones is 1. The number of Topliss-reactive ketones (excluding diaryl/α,β-unsaturated/α-hetero) is 1. The smallest absolute Gasteiger partial charge is 0.255 e. The monoisotopic (exact) mass is 374 g/mol. The minimum Gasteiger partial charge on any atom is -0.504 e. The third kappa shape index (κ3) is 3.93. The molecule has 4 rings (SSSR count). The maximum atomic E-state index is 13.3. The summed E-state index contributed by atoms with van der Waals surface area (Å²) < 4.78 is 32.2. The molecular formula is C20H20F2N2O3. The number of pyridine rings is 1. The van der Waals surface area contributed by atoms with E-state index in [0.717, 1.165) is 32.0 Å². The van der Waals surface area contributed by atoms with Crippen LogP contribution < -0.4 is 4.74 Å². The van der Waals surface area contributed by atoms with E-state index in [9.17, 15) is 18.7 Å². The number of fused-ring (bicyclic) bond motifs is 1. The van der Waals surface area contributed by atoms with Gasteiger partial charge in [-0.3, -0.25) is 9.69 Å². The molecule has 0 amide bonds. The lowest BCUT2D eigenvalue weighted by molar-refractivity contribution is 0.0930. The number of benzene rings is 1. The maximum Gasteiger partial charge on any atom is 0.255 e. The Labute approximate surface area is 155 Å². The number of rotatable bonds is 5. The van der Waals surface area contributed by atoms with E-state index in [2.05, 4.69) is 9.88 Å². The summed E-state index contributed by atoms with van der Waals surface area (Å²) in [5.41, 5.74) is 0.0277. The summed E-state index contributed by atoms with van der Waals surface area (Å²) >= 11 is 0. The molecular weight excluding hydrogens is 354 g/mol. The van der Waals surface area contributed by atoms with Crippen LogP contribution in [-0.2, 0) is 0 Å². The molecule has 1 aliphatic carbocycles. The zero-order valence-electron chi connectivity index (χ0n) is 14.6. The second-order valence-electron chi connectivity index (χ2n) is 7.31. The average Bonchev–Trinajstić information content (AvgIpc) is 3.17. The van der Waals surface area contributed by atoms with Crippen molar-refractivity contribution < 1.29 is 23.4 Å². The van der Waals surface area contributed by atoms with Gasteiger partial charge in [-0.05, 0) is 61.1 Å². The highest BCUT2D eigenvalue weighted by Gasteiger charge is 2.42. The predicted molar refractivity (Wildman–Crippen MR) is 93.7 cm³/mol. The van der Waals surface area contributed by atoms with Crippen molar-refractivity contribution in [1.82, 2.24) is 9.88 Å². The largest absolute Gasteiger partial charge is 0.504 e. The number of aromatic nitrogens is 1. The summed E-state index contributed by atoms with van der Waals surface area (Å²) in [6, 6.07) is 8.53. The molecule has 3 atom stereocenters. The average molecular weight is 374 g/mol. The number of ether oxygens (including phenoxy) is 1. The predicted octanol–water partition coefficient (Wildman–Crippen LogP) is 3.04. The van der Waals surface area contributed by atoms with Gasteiger partial charge in [-0.2, -0.15) is 4.39 Å². The van der Waals surface area contributed by atoms with Crippen molar-refractivity contribution >= 4 is 5.78 Å². The Morgan fingerprint density at radius 3 is 2.41 bits per heavy atom. The lowest BCUT2D eigenvalue weighted by atomic mass is 10.0. The van der Waals surface area contributed by atoms with Gasteiger partial charge in [0.1, 0.15) is 17.3 Å². The van der Waals surface area contributed by atoms with Gasteiger partial charge in [-0.1, -0.05) is 0 Å². The molecule has 0 bridgehead atoms. The molecule has 1 N–H and O–H groups in total. The third-order valence-electron chi connectivity index (χ3n) is 5.38. The number of carbonyl (C=O) groups is 1. The van der Waals surface area contributed by atoms with Crippen molar-refractivity contribution in [1.29, 1.82) is 0 Å². The minimum absolute atomic E-state index is 0.0277. The Bertz CT molecular complexity index is 830. The lowest BCUT2D eigenvalue weighted by Gasteiger charge is -2.19. The molecule has 7 heteroatoms. The van der Waals surface area contributed by atoms with E-state index in [1.165, 1.54) is 18.2 Å². The van der Waals surface area contributed by atoms with Crippen LogP contribution in [0, 0.1) is 23.6 Å². The first-order valence-corrected chi connectivity index (χ1v) is 9.01. The quantitative estimate of drug-likeness (QED) is 0.644. The zero-order valence-corrected chi connectivity index (χ0v) is 14.6. The normalized spacial score (nSPS) is 24.7. The molecule has 1 aromatic carbocycles. The van der Waals surface area contributed by atoms with Crippen LogP contribution in [0.5, 0.6) is 11.5 Å². The lowest BCUT2D eigenvalue weighted by Crippen LogP contribution is -2.30. The van der Waals surface area contributed by atoms with Gasteiger partial charge in [0.15, 0.2) is 11.5 Å². The van der Waals surface area contributed by atoms with Gasteiger partial charge < -0.3 is 9.84 Å². The minimum atomic E-state index is -1.03. The van der Waals surface area contributed by atoms with Crippen molar-refractivity contribution in [3.63, 3.8) is 0 Å². The fourth-order valence-corrected chi connectivity index (χ4v) is 4.14. The maximum absolute atomic E-state index is 13.3. The molecule has 5 nitrogen and oxygen atoms in total. The summed E-state index contributed by atoms with van der Waals surface area (Å²) in [5.74, 6) is -0.550. The van der Waals surface area contributed by atoms with Gasteiger partial charge in [0.25, 0.3) is 5.95 Å². The van der Waals surface area contributed by atoms with E-state index in [1.54, 1.807) is 12.1 Å². The number of halogens is 2. The van der Waals surface area contributed by atoms with Crippen molar-refractivity contribution in [2.24, 2.45) is 11.8 Å². The molecule has 2 heterocycles. The SMILES string of the molecule is O=C(CN1C[C@H]2C[C@@H](Oc3ccc(F)cc3)C[C@H]2C1)c1ccc(O)c(F)n1. The van der Waals surface area contributed by atoms with E-state index in [-0.39, 0.29) is 29.9 Å². The molecule has 1 saturated carbocycles. The molecule has 0 spiro atoms. The van der Waals surface area contributed by atoms with Crippen molar-refractivity contribution in [2.75, 3.05) is 19.6 Å². The van der Waals surface area contributed by atoms with E-state index < -0.39 is 11.7 Å². The van der Waals surface area contributed by atoms with Gasteiger partial charge in [0, 0.05) is 13.1 Å². The molecule has 142 valence electrons. The number of nitrogens with zero attached hydrogens (tertiary/aromatic N) is 2. The van der Waals surface area contributed by atoms with Crippen molar-refractivity contribution in [3.8, 4) is 11.5 Å². The van der Waals surface area contributed by atoms with Crippen molar-refractivity contribution in [2.45, 2.75) is 18.9 Å². The Balaban J connectivity index is 1.30. The molecule has 0 unspecified atom stereocenters. The van der Waals surface area contributed by atoms with Crippen LogP contribution in [0.3, 0.4) is 0 Å².